The fraction of sp³-hybridized carbons (Fsp3) is 0.353. The van der Waals surface area contributed by atoms with Crippen molar-refractivity contribution >= 4 is 45.7 Å². The van der Waals surface area contributed by atoms with Crippen LogP contribution in [0.1, 0.15) is 62.3 Å². The number of anilines is 2. The van der Waals surface area contributed by atoms with Gasteiger partial charge in [-0.05, 0) is 81.3 Å². The van der Waals surface area contributed by atoms with Crippen molar-refractivity contribution in [1.82, 2.24) is 10.2 Å². The molecule has 3 N–H and O–H groups in total. The minimum absolute atomic E-state index is 0.0265. The summed E-state index contributed by atoms with van der Waals surface area (Å²) in [5.41, 5.74) is 8.36. The maximum absolute atomic E-state index is 14.8. The molecule has 11 nitrogen and oxygen atoms in total. The number of nitrogens with zero attached hydrogens (tertiary/aromatic N) is 3. The largest absolute Gasteiger partial charge is 0.351 e. The molecule has 1 fully saturated rings. The van der Waals surface area contributed by atoms with Crippen molar-refractivity contribution in [3.63, 3.8) is 0 Å². The number of carbonyl (C=O) groups is 4. The molecule has 1 aliphatic rings. The van der Waals surface area contributed by atoms with Crippen LogP contribution in [0.4, 0.5) is 16.2 Å². The first-order chi connectivity index (χ1) is 21.6. The Kier molecular flexibility index (Phi) is 10.2. The van der Waals surface area contributed by atoms with Crippen LogP contribution in [0.3, 0.4) is 0 Å². The van der Waals surface area contributed by atoms with Crippen molar-refractivity contribution in [2.75, 3.05) is 22.0 Å². The highest BCUT2D eigenvalue weighted by Gasteiger charge is 2.43. The van der Waals surface area contributed by atoms with E-state index in [1.807, 2.05) is 82.3 Å². The summed E-state index contributed by atoms with van der Waals surface area (Å²) < 4.78 is 25.2. The number of rotatable bonds is 9. The number of hydrogen-bond donors (Lipinski definition) is 2. The molecule has 4 rings (SSSR count). The number of sulfonamides is 1. The molecule has 1 aliphatic heterocycles. The van der Waals surface area contributed by atoms with Crippen LogP contribution in [0.25, 0.3) is 0 Å². The van der Waals surface area contributed by atoms with E-state index in [0.29, 0.717) is 10.7 Å². The van der Waals surface area contributed by atoms with E-state index < -0.39 is 39.6 Å². The molecule has 244 valence electrons. The van der Waals surface area contributed by atoms with Gasteiger partial charge in [0.1, 0.15) is 12.6 Å². The summed E-state index contributed by atoms with van der Waals surface area (Å²) in [6, 6.07) is 20.4. The van der Waals surface area contributed by atoms with Gasteiger partial charge >= 0.3 is 6.03 Å². The fourth-order valence-corrected chi connectivity index (χ4v) is 6.74. The van der Waals surface area contributed by atoms with Gasteiger partial charge in [-0.3, -0.25) is 19.3 Å². The van der Waals surface area contributed by atoms with Crippen molar-refractivity contribution in [1.29, 1.82) is 0 Å². The molecule has 0 bridgehead atoms. The predicted octanol–water partition coefficient (Wildman–Crippen LogP) is 4.23. The van der Waals surface area contributed by atoms with Crippen molar-refractivity contribution in [2.24, 2.45) is 5.73 Å². The second kappa shape index (κ2) is 13.7. The van der Waals surface area contributed by atoms with Gasteiger partial charge in [0, 0.05) is 11.2 Å². The highest BCUT2D eigenvalue weighted by Crippen LogP contribution is 2.42. The molecule has 12 heteroatoms. The second-order valence-corrected chi connectivity index (χ2v) is 14.5. The molecule has 0 spiro atoms. The smallest absolute Gasteiger partial charge is 0.320 e. The van der Waals surface area contributed by atoms with Crippen LogP contribution >= 0.6 is 0 Å². The number of nitrogens with one attached hydrogen (secondary N) is 1. The number of benzene rings is 3. The van der Waals surface area contributed by atoms with Gasteiger partial charge in [0.25, 0.3) is 0 Å². The average molecular weight is 648 g/mol. The molecule has 5 amide bonds. The van der Waals surface area contributed by atoms with Crippen LogP contribution in [-0.4, -0.2) is 62.0 Å². The first-order valence-electron chi connectivity index (χ1n) is 15.0. The van der Waals surface area contributed by atoms with Gasteiger partial charge in [-0.25, -0.2) is 17.5 Å². The number of aryl methyl sites for hydroxylation is 1. The number of carbonyl (C=O) groups excluding carboxylic acids is 4. The predicted molar refractivity (Wildman–Crippen MR) is 178 cm³/mol. The topological polar surface area (TPSA) is 150 Å². The monoisotopic (exact) mass is 647 g/mol. The fourth-order valence-electron chi connectivity index (χ4n) is 6.09. The normalized spacial score (nSPS) is 18.8. The number of hydrogen-bond acceptors (Lipinski definition) is 6. The maximum atomic E-state index is 14.8. The molecule has 3 aromatic carbocycles. The van der Waals surface area contributed by atoms with Crippen LogP contribution in [0.2, 0.25) is 0 Å². The van der Waals surface area contributed by atoms with E-state index >= 15 is 0 Å². The van der Waals surface area contributed by atoms with Crippen LogP contribution in [0.15, 0.2) is 78.9 Å². The van der Waals surface area contributed by atoms with E-state index in [9.17, 15) is 27.6 Å². The molecule has 3 aromatic rings. The zero-order valence-electron chi connectivity index (χ0n) is 26.7. The summed E-state index contributed by atoms with van der Waals surface area (Å²) in [6.07, 6.45) is 1.67. The Hall–Kier alpha value is -4.71. The second-order valence-electron chi connectivity index (χ2n) is 12.6. The van der Waals surface area contributed by atoms with Crippen LogP contribution in [-0.2, 0) is 24.4 Å². The third kappa shape index (κ3) is 7.92. The molecule has 0 radical (unpaired) electrons. The first kappa shape index (κ1) is 34.2. The van der Waals surface area contributed by atoms with Crippen molar-refractivity contribution in [3.05, 3.63) is 95.6 Å². The Bertz CT molecular complexity index is 1710. The van der Waals surface area contributed by atoms with E-state index in [1.54, 1.807) is 0 Å². The highest BCUT2D eigenvalue weighted by atomic mass is 32.2. The molecule has 46 heavy (non-hydrogen) atoms. The Morgan fingerprint density at radius 3 is 2.20 bits per heavy atom. The van der Waals surface area contributed by atoms with E-state index in [4.69, 9.17) is 5.73 Å². The lowest BCUT2D eigenvalue weighted by Gasteiger charge is -2.35. The minimum atomic E-state index is -3.99. The molecular formula is C34H41N5O6S. The molecule has 0 aliphatic carbocycles. The van der Waals surface area contributed by atoms with Crippen LogP contribution in [0.5, 0.6) is 0 Å². The molecule has 3 atom stereocenters. The number of urea groups is 1. The van der Waals surface area contributed by atoms with Crippen LogP contribution < -0.4 is 20.3 Å². The highest BCUT2D eigenvalue weighted by molar-refractivity contribution is 7.92. The van der Waals surface area contributed by atoms with Crippen molar-refractivity contribution in [3.8, 4) is 0 Å². The number of nitrogens with two attached hydrogens (primary N) is 1. The molecule has 1 saturated heterocycles. The molecule has 1 heterocycles. The van der Waals surface area contributed by atoms with Gasteiger partial charge in [0.05, 0.1) is 18.0 Å². The summed E-state index contributed by atoms with van der Waals surface area (Å²) in [4.78, 5) is 55.8. The van der Waals surface area contributed by atoms with E-state index in [1.165, 1.54) is 29.2 Å². The van der Waals surface area contributed by atoms with Gasteiger partial charge in [-0.2, -0.15) is 0 Å². The quantitative estimate of drug-likeness (QED) is 0.332. The summed E-state index contributed by atoms with van der Waals surface area (Å²) in [6.45, 7) is 7.26. The number of amides is 5. The van der Waals surface area contributed by atoms with Gasteiger partial charge < -0.3 is 16.0 Å². The maximum Gasteiger partial charge on any atom is 0.320 e. The zero-order chi connectivity index (χ0) is 33.8. The lowest BCUT2D eigenvalue weighted by molar-refractivity contribution is -0.139. The SMILES string of the molecule is Cc1ccccc1[C@@H]1C[C@H](c2ccccc2)N(CC(=O)NC(C)(C)C)C(=O)[C@H](N(C(N)=O)c2cccc(N(C=O)S(C)(=O)=O)c2)C1. The van der Waals surface area contributed by atoms with Crippen LogP contribution in [0, 0.1) is 6.92 Å². The first-order valence-corrected chi connectivity index (χ1v) is 16.8. The van der Waals surface area contributed by atoms with Gasteiger partial charge in [-0.15, -0.1) is 0 Å². The average Bonchev–Trinajstić information content (AvgIpc) is 3.09. The summed E-state index contributed by atoms with van der Waals surface area (Å²) in [7, 11) is -3.99. The summed E-state index contributed by atoms with van der Waals surface area (Å²) >= 11 is 0. The standard InChI is InChI=1S/C34H41N5O6S/c1-23-12-9-10-17-28(23)25-18-29(24-13-7-6-8-14-24)37(21-31(41)36-34(2,3)4)32(42)30(19-25)39(33(35)43)27-16-11-15-26(20-27)38(22-40)46(5,44)45/h6-17,20,22,25,29-30H,18-19,21H2,1-5H3,(H2,35,43)(H,36,41)/t25-,29-,30-/m1/s1. The van der Waals surface area contributed by atoms with E-state index in [0.717, 1.165) is 27.8 Å². The zero-order valence-corrected chi connectivity index (χ0v) is 27.5. The molecule has 0 aromatic heterocycles. The number of likely N-dealkylation sites (tertiary alicyclic amines) is 1. The Morgan fingerprint density at radius 2 is 1.61 bits per heavy atom. The third-order valence-corrected chi connectivity index (χ3v) is 8.98. The lowest BCUT2D eigenvalue weighted by atomic mass is 9.84. The Balaban J connectivity index is 1.91. The van der Waals surface area contributed by atoms with Gasteiger partial charge in [0.2, 0.25) is 28.2 Å². The Labute approximate surface area is 270 Å². The number of primary amides is 1. The van der Waals surface area contributed by atoms with E-state index in [-0.39, 0.29) is 42.6 Å². The lowest BCUT2D eigenvalue weighted by Crippen LogP contribution is -2.55. The molecular weight excluding hydrogens is 606 g/mol. The molecule has 0 unspecified atom stereocenters. The van der Waals surface area contributed by atoms with Crippen molar-refractivity contribution < 1.29 is 27.6 Å². The van der Waals surface area contributed by atoms with Gasteiger partial charge in [0.15, 0.2) is 0 Å². The van der Waals surface area contributed by atoms with Crippen molar-refractivity contribution in [2.45, 2.75) is 64.1 Å². The Morgan fingerprint density at radius 1 is 0.978 bits per heavy atom. The summed E-state index contributed by atoms with van der Waals surface area (Å²) in [5, 5.41) is 2.94. The third-order valence-electron chi connectivity index (χ3n) is 7.97. The van der Waals surface area contributed by atoms with Gasteiger partial charge in [-0.1, -0.05) is 60.7 Å². The summed E-state index contributed by atoms with van der Waals surface area (Å²) in [5.74, 6) is -1.10. The molecule has 0 saturated carbocycles. The van der Waals surface area contributed by atoms with E-state index in [2.05, 4.69) is 5.32 Å². The minimum Gasteiger partial charge on any atom is -0.351 e.